The summed E-state index contributed by atoms with van der Waals surface area (Å²) in [6, 6.07) is 5.53. The van der Waals surface area contributed by atoms with Crippen LogP contribution < -0.4 is 10.1 Å². The number of ether oxygens (including phenoxy) is 1. The first-order valence-corrected chi connectivity index (χ1v) is 7.50. The van der Waals surface area contributed by atoms with Crippen LogP contribution in [0.25, 0.3) is 0 Å². The number of rotatable bonds is 1. The Balaban J connectivity index is 1.95. The summed E-state index contributed by atoms with van der Waals surface area (Å²) in [6.07, 6.45) is 4.17. The first kappa shape index (κ1) is 13.9. The molecular weight excluding hydrogens is 268 g/mol. The number of carbonyl (C=O) groups is 2. The maximum Gasteiger partial charge on any atom is 0.257 e. The molecule has 5 nitrogen and oxygen atoms in total. The highest BCUT2D eigenvalue weighted by Gasteiger charge is 2.31. The molecule has 1 N–H and O–H groups in total. The number of piperidine rings is 1. The highest BCUT2D eigenvalue weighted by molar-refractivity contribution is 5.99. The van der Waals surface area contributed by atoms with Crippen LogP contribution in [0.5, 0.6) is 5.75 Å². The summed E-state index contributed by atoms with van der Waals surface area (Å²) in [7, 11) is 0. The third-order valence-corrected chi connectivity index (χ3v) is 4.13. The molecule has 2 amide bonds. The number of carbonyl (C=O) groups excluding carboxylic acids is 2. The van der Waals surface area contributed by atoms with Crippen molar-refractivity contribution in [1.82, 2.24) is 4.90 Å². The lowest BCUT2D eigenvalue weighted by Gasteiger charge is -2.37. The lowest BCUT2D eigenvalue weighted by molar-refractivity contribution is -0.114. The Kier molecular flexibility index (Phi) is 3.82. The lowest BCUT2D eigenvalue weighted by atomic mass is 9.97. The van der Waals surface area contributed by atoms with Gasteiger partial charge in [0.15, 0.2) is 0 Å². The van der Waals surface area contributed by atoms with Crippen LogP contribution in [0.15, 0.2) is 18.2 Å². The predicted octanol–water partition coefficient (Wildman–Crippen LogP) is 2.42. The largest absolute Gasteiger partial charge is 0.493 e. The maximum absolute atomic E-state index is 12.8. The van der Waals surface area contributed by atoms with E-state index in [2.05, 4.69) is 5.32 Å². The van der Waals surface area contributed by atoms with Gasteiger partial charge >= 0.3 is 0 Å². The number of nitrogens with zero attached hydrogens (tertiary/aromatic N) is 1. The molecule has 3 rings (SSSR count). The van der Waals surface area contributed by atoms with Crippen molar-refractivity contribution in [3.05, 3.63) is 23.8 Å². The fourth-order valence-corrected chi connectivity index (χ4v) is 3.13. The smallest absolute Gasteiger partial charge is 0.257 e. The molecule has 0 unspecified atom stereocenters. The van der Waals surface area contributed by atoms with E-state index in [0.717, 1.165) is 25.8 Å². The van der Waals surface area contributed by atoms with E-state index in [0.29, 0.717) is 23.6 Å². The molecule has 1 saturated heterocycles. The monoisotopic (exact) mass is 288 g/mol. The van der Waals surface area contributed by atoms with E-state index >= 15 is 0 Å². The average molecular weight is 288 g/mol. The predicted molar refractivity (Wildman–Crippen MR) is 79.5 cm³/mol. The topological polar surface area (TPSA) is 58.6 Å². The summed E-state index contributed by atoms with van der Waals surface area (Å²) in [5, 5.41) is 2.72. The highest BCUT2D eigenvalue weighted by Crippen LogP contribution is 2.30. The minimum atomic E-state index is -0.148. The molecule has 2 heterocycles. The summed E-state index contributed by atoms with van der Waals surface area (Å²) in [5.74, 6) is 0.477. The van der Waals surface area contributed by atoms with Crippen LogP contribution in [0.3, 0.4) is 0 Å². The Morgan fingerprint density at radius 2 is 2.19 bits per heavy atom. The van der Waals surface area contributed by atoms with Crippen molar-refractivity contribution in [1.29, 1.82) is 0 Å². The zero-order chi connectivity index (χ0) is 14.8. The van der Waals surface area contributed by atoms with E-state index in [1.54, 1.807) is 18.2 Å². The molecule has 21 heavy (non-hydrogen) atoms. The summed E-state index contributed by atoms with van der Waals surface area (Å²) in [4.78, 5) is 25.9. The molecule has 1 aromatic rings. The number of nitrogens with one attached hydrogen (secondary N) is 1. The average Bonchev–Trinajstić information content (AvgIpc) is 2.46. The van der Waals surface area contributed by atoms with Gasteiger partial charge in [-0.05, 0) is 37.5 Å². The molecule has 1 fully saturated rings. The molecule has 0 radical (unpaired) electrons. The lowest BCUT2D eigenvalue weighted by Crippen LogP contribution is -2.45. The van der Waals surface area contributed by atoms with Crippen molar-refractivity contribution >= 4 is 17.5 Å². The fraction of sp³-hybridized carbons (Fsp3) is 0.500. The van der Waals surface area contributed by atoms with E-state index in [1.807, 2.05) is 4.90 Å². The minimum absolute atomic E-state index is 0.0154. The van der Waals surface area contributed by atoms with E-state index in [-0.39, 0.29) is 17.9 Å². The van der Waals surface area contributed by atoms with Gasteiger partial charge in [0, 0.05) is 31.6 Å². The van der Waals surface area contributed by atoms with Gasteiger partial charge in [0.25, 0.3) is 5.91 Å². The molecule has 2 aliphatic rings. The van der Waals surface area contributed by atoms with Crippen LogP contribution in [0.4, 0.5) is 5.69 Å². The zero-order valence-electron chi connectivity index (χ0n) is 12.2. The van der Waals surface area contributed by atoms with Crippen LogP contribution >= 0.6 is 0 Å². The van der Waals surface area contributed by atoms with Gasteiger partial charge < -0.3 is 15.0 Å². The number of amides is 2. The third kappa shape index (κ3) is 2.86. The van der Waals surface area contributed by atoms with Crippen molar-refractivity contribution < 1.29 is 14.3 Å². The summed E-state index contributed by atoms with van der Waals surface area (Å²) >= 11 is 0. The fourth-order valence-electron chi connectivity index (χ4n) is 3.13. The second-order valence-electron chi connectivity index (χ2n) is 5.68. The first-order valence-electron chi connectivity index (χ1n) is 7.50. The normalized spacial score (nSPS) is 21.5. The molecule has 0 spiro atoms. The van der Waals surface area contributed by atoms with Crippen molar-refractivity contribution in [3.8, 4) is 5.75 Å². The van der Waals surface area contributed by atoms with E-state index in [4.69, 9.17) is 4.74 Å². The standard InChI is InChI=1S/C16H20N2O3/c1-11(19)17-12-5-6-15-14(10-12)16(20)18-8-3-2-4-13(18)7-9-21-15/h5-6,10,13H,2-4,7-9H2,1H3,(H,17,19)/t13-/m1/s1. The number of fused-ring (bicyclic) bond motifs is 2. The Morgan fingerprint density at radius 3 is 3.00 bits per heavy atom. The number of hydrogen-bond acceptors (Lipinski definition) is 3. The highest BCUT2D eigenvalue weighted by atomic mass is 16.5. The first-order chi connectivity index (χ1) is 10.1. The van der Waals surface area contributed by atoms with Gasteiger partial charge in [-0.1, -0.05) is 0 Å². The SMILES string of the molecule is CC(=O)Nc1ccc2c(c1)C(=O)N1CCCC[C@@H]1CCO2. The summed E-state index contributed by atoms with van der Waals surface area (Å²) in [6.45, 7) is 2.89. The zero-order valence-corrected chi connectivity index (χ0v) is 12.2. The van der Waals surface area contributed by atoms with E-state index in [1.165, 1.54) is 13.3 Å². The van der Waals surface area contributed by atoms with Crippen molar-refractivity contribution in [2.45, 2.75) is 38.6 Å². The van der Waals surface area contributed by atoms with Crippen molar-refractivity contribution in [3.63, 3.8) is 0 Å². The van der Waals surface area contributed by atoms with Gasteiger partial charge in [0.1, 0.15) is 5.75 Å². The van der Waals surface area contributed by atoms with E-state index < -0.39 is 0 Å². The molecule has 2 aliphatic heterocycles. The van der Waals surface area contributed by atoms with Crippen LogP contribution in [0.2, 0.25) is 0 Å². The Hall–Kier alpha value is -2.04. The number of hydrogen-bond donors (Lipinski definition) is 1. The van der Waals surface area contributed by atoms with Crippen LogP contribution in [0, 0.1) is 0 Å². The van der Waals surface area contributed by atoms with Crippen LogP contribution in [-0.4, -0.2) is 35.9 Å². The maximum atomic E-state index is 12.8. The molecule has 0 bridgehead atoms. The third-order valence-electron chi connectivity index (χ3n) is 4.13. The molecule has 1 aromatic carbocycles. The van der Waals surface area contributed by atoms with Gasteiger partial charge in [-0.25, -0.2) is 0 Å². The number of benzene rings is 1. The van der Waals surface area contributed by atoms with Crippen molar-refractivity contribution in [2.75, 3.05) is 18.5 Å². The van der Waals surface area contributed by atoms with Crippen LogP contribution in [0.1, 0.15) is 43.0 Å². The van der Waals surface area contributed by atoms with Gasteiger partial charge in [-0.3, -0.25) is 9.59 Å². The molecule has 0 aliphatic carbocycles. The minimum Gasteiger partial charge on any atom is -0.493 e. The molecule has 0 aromatic heterocycles. The van der Waals surface area contributed by atoms with Gasteiger partial charge in [0.05, 0.1) is 12.2 Å². The van der Waals surface area contributed by atoms with E-state index in [9.17, 15) is 9.59 Å². The molecule has 0 saturated carbocycles. The van der Waals surface area contributed by atoms with Gasteiger partial charge in [0.2, 0.25) is 5.91 Å². The van der Waals surface area contributed by atoms with Gasteiger partial charge in [-0.2, -0.15) is 0 Å². The second kappa shape index (κ2) is 5.76. The summed E-state index contributed by atoms with van der Waals surface area (Å²) in [5.41, 5.74) is 1.18. The van der Waals surface area contributed by atoms with Crippen LogP contribution in [-0.2, 0) is 4.79 Å². The molecule has 5 heteroatoms. The second-order valence-corrected chi connectivity index (χ2v) is 5.68. The Labute approximate surface area is 124 Å². The summed E-state index contributed by atoms with van der Waals surface area (Å²) < 4.78 is 5.75. The molecular formula is C16H20N2O3. The molecule has 1 atom stereocenters. The molecule has 112 valence electrons. The quantitative estimate of drug-likeness (QED) is 0.863. The number of anilines is 1. The Bertz CT molecular complexity index is 571. The van der Waals surface area contributed by atoms with Gasteiger partial charge in [-0.15, -0.1) is 0 Å². The Morgan fingerprint density at radius 1 is 1.33 bits per heavy atom. The van der Waals surface area contributed by atoms with Crippen molar-refractivity contribution in [2.24, 2.45) is 0 Å².